The zero-order chi connectivity index (χ0) is 12.7. The molecule has 1 aromatic rings. The van der Waals surface area contributed by atoms with Crippen molar-refractivity contribution in [2.24, 2.45) is 0 Å². The van der Waals surface area contributed by atoms with Gasteiger partial charge in [-0.25, -0.2) is 14.8 Å². The molecular weight excluding hydrogens is 222 g/mol. The molecule has 0 saturated heterocycles. The van der Waals surface area contributed by atoms with Crippen molar-refractivity contribution in [2.45, 2.75) is 19.8 Å². The molecule has 17 heavy (non-hydrogen) atoms. The van der Waals surface area contributed by atoms with Crippen LogP contribution in [-0.2, 0) is 11.2 Å². The standard InChI is InChI=1S/C11H17N3O3/c1-3-9-8(10(15)16)7-13-11(14-9)12-5-4-6-17-2/h7H,3-6H2,1-2H3,(H,15,16)(H,12,13,14). The number of carbonyl (C=O) groups is 1. The van der Waals surface area contributed by atoms with Gasteiger partial charge in [0, 0.05) is 26.5 Å². The van der Waals surface area contributed by atoms with E-state index in [2.05, 4.69) is 15.3 Å². The largest absolute Gasteiger partial charge is 0.478 e. The fourth-order valence-electron chi connectivity index (χ4n) is 1.37. The molecule has 1 heterocycles. The van der Waals surface area contributed by atoms with Crippen LogP contribution in [0.25, 0.3) is 0 Å². The Balaban J connectivity index is 2.66. The molecule has 0 unspecified atom stereocenters. The number of aryl methyl sites for hydroxylation is 1. The van der Waals surface area contributed by atoms with Gasteiger partial charge in [0.05, 0.1) is 11.3 Å². The molecule has 0 atom stereocenters. The lowest BCUT2D eigenvalue weighted by atomic mass is 10.2. The van der Waals surface area contributed by atoms with Crippen LogP contribution in [0, 0.1) is 0 Å². The third kappa shape index (κ3) is 3.99. The maximum absolute atomic E-state index is 10.9. The quantitative estimate of drug-likeness (QED) is 0.695. The molecule has 0 bridgehead atoms. The Morgan fingerprint density at radius 1 is 1.59 bits per heavy atom. The third-order valence-electron chi connectivity index (χ3n) is 2.24. The summed E-state index contributed by atoms with van der Waals surface area (Å²) in [7, 11) is 1.65. The number of nitrogens with one attached hydrogen (secondary N) is 1. The number of aromatic nitrogens is 2. The minimum absolute atomic E-state index is 0.162. The highest BCUT2D eigenvalue weighted by Gasteiger charge is 2.11. The van der Waals surface area contributed by atoms with Gasteiger partial charge < -0.3 is 15.2 Å². The number of anilines is 1. The smallest absolute Gasteiger partial charge is 0.339 e. The first-order chi connectivity index (χ1) is 8.19. The Morgan fingerprint density at radius 3 is 2.94 bits per heavy atom. The third-order valence-corrected chi connectivity index (χ3v) is 2.24. The van der Waals surface area contributed by atoms with Gasteiger partial charge in [0.1, 0.15) is 0 Å². The van der Waals surface area contributed by atoms with Crippen molar-refractivity contribution >= 4 is 11.9 Å². The molecule has 1 rings (SSSR count). The van der Waals surface area contributed by atoms with E-state index in [0.717, 1.165) is 6.42 Å². The van der Waals surface area contributed by atoms with E-state index in [9.17, 15) is 4.79 Å². The van der Waals surface area contributed by atoms with Crippen LogP contribution >= 0.6 is 0 Å². The van der Waals surface area contributed by atoms with Crippen molar-refractivity contribution in [3.05, 3.63) is 17.5 Å². The molecule has 1 aromatic heterocycles. The van der Waals surface area contributed by atoms with Crippen LogP contribution in [0.1, 0.15) is 29.4 Å². The molecule has 0 radical (unpaired) electrons. The summed E-state index contributed by atoms with van der Waals surface area (Å²) in [5.74, 6) is -0.532. The Hall–Kier alpha value is -1.69. The van der Waals surface area contributed by atoms with Gasteiger partial charge in [0.2, 0.25) is 5.95 Å². The van der Waals surface area contributed by atoms with Crippen LogP contribution in [0.4, 0.5) is 5.95 Å². The second-order valence-corrected chi connectivity index (χ2v) is 3.49. The van der Waals surface area contributed by atoms with Crippen molar-refractivity contribution in [3.63, 3.8) is 0 Å². The molecule has 0 aliphatic rings. The Labute approximate surface area is 100 Å². The average molecular weight is 239 g/mol. The van der Waals surface area contributed by atoms with Crippen LogP contribution in [0.2, 0.25) is 0 Å². The number of aromatic carboxylic acids is 1. The number of ether oxygens (including phenoxy) is 1. The maximum atomic E-state index is 10.9. The summed E-state index contributed by atoms with van der Waals surface area (Å²) in [6.07, 6.45) is 2.76. The summed E-state index contributed by atoms with van der Waals surface area (Å²) >= 11 is 0. The van der Waals surface area contributed by atoms with Crippen molar-refractivity contribution in [1.29, 1.82) is 0 Å². The lowest BCUT2D eigenvalue weighted by Crippen LogP contribution is -2.11. The maximum Gasteiger partial charge on any atom is 0.339 e. The fourth-order valence-corrected chi connectivity index (χ4v) is 1.37. The molecule has 0 aromatic carbocycles. The number of carboxylic acid groups (broad SMARTS) is 1. The van der Waals surface area contributed by atoms with E-state index < -0.39 is 5.97 Å². The first-order valence-corrected chi connectivity index (χ1v) is 5.51. The molecule has 0 amide bonds. The van der Waals surface area contributed by atoms with E-state index in [1.54, 1.807) is 7.11 Å². The van der Waals surface area contributed by atoms with Crippen LogP contribution in [0.15, 0.2) is 6.20 Å². The van der Waals surface area contributed by atoms with Crippen LogP contribution < -0.4 is 5.32 Å². The van der Waals surface area contributed by atoms with Gasteiger partial charge in [-0.3, -0.25) is 0 Å². The predicted molar refractivity (Wildman–Crippen MR) is 63.4 cm³/mol. The lowest BCUT2D eigenvalue weighted by molar-refractivity contribution is 0.0694. The molecule has 6 heteroatoms. The molecule has 6 nitrogen and oxygen atoms in total. The normalized spacial score (nSPS) is 10.2. The van der Waals surface area contributed by atoms with Gasteiger partial charge in [0.15, 0.2) is 0 Å². The molecule has 0 saturated carbocycles. The lowest BCUT2D eigenvalue weighted by Gasteiger charge is -2.07. The number of methoxy groups -OCH3 is 1. The minimum atomic E-state index is -0.993. The van der Waals surface area contributed by atoms with Gasteiger partial charge in [-0.1, -0.05) is 6.92 Å². The average Bonchev–Trinajstić information content (AvgIpc) is 2.34. The molecule has 0 aliphatic carbocycles. The van der Waals surface area contributed by atoms with Gasteiger partial charge >= 0.3 is 5.97 Å². The predicted octanol–water partition coefficient (Wildman–Crippen LogP) is 1.19. The number of nitrogens with zero attached hydrogens (tertiary/aromatic N) is 2. The summed E-state index contributed by atoms with van der Waals surface area (Å²) in [5.41, 5.74) is 0.705. The highest BCUT2D eigenvalue weighted by molar-refractivity contribution is 5.88. The number of rotatable bonds is 7. The summed E-state index contributed by atoms with van der Waals surface area (Å²) in [6.45, 7) is 3.23. The van der Waals surface area contributed by atoms with E-state index in [1.807, 2.05) is 6.92 Å². The monoisotopic (exact) mass is 239 g/mol. The molecule has 94 valence electrons. The summed E-state index contributed by atoms with van der Waals surface area (Å²) in [5, 5.41) is 11.9. The molecule has 2 N–H and O–H groups in total. The highest BCUT2D eigenvalue weighted by Crippen LogP contribution is 2.09. The Kier molecular flexibility index (Phi) is 5.35. The fraction of sp³-hybridized carbons (Fsp3) is 0.545. The summed E-state index contributed by atoms with van der Waals surface area (Å²) in [4.78, 5) is 19.0. The first kappa shape index (κ1) is 13.4. The van der Waals surface area contributed by atoms with Crippen molar-refractivity contribution in [1.82, 2.24) is 9.97 Å². The molecular formula is C11H17N3O3. The topological polar surface area (TPSA) is 84.3 Å². The van der Waals surface area contributed by atoms with E-state index in [-0.39, 0.29) is 5.56 Å². The van der Waals surface area contributed by atoms with Crippen molar-refractivity contribution in [3.8, 4) is 0 Å². The summed E-state index contributed by atoms with van der Waals surface area (Å²) < 4.78 is 4.92. The number of hydrogen-bond donors (Lipinski definition) is 2. The molecule has 0 spiro atoms. The van der Waals surface area contributed by atoms with E-state index in [4.69, 9.17) is 9.84 Å². The van der Waals surface area contributed by atoms with Gasteiger partial charge in [0.25, 0.3) is 0 Å². The molecule has 0 fully saturated rings. The Bertz CT molecular complexity index is 382. The van der Waals surface area contributed by atoms with Crippen LogP contribution in [-0.4, -0.2) is 41.3 Å². The zero-order valence-corrected chi connectivity index (χ0v) is 10.1. The van der Waals surface area contributed by atoms with Gasteiger partial charge in [-0.05, 0) is 12.8 Å². The minimum Gasteiger partial charge on any atom is -0.478 e. The number of carboxylic acids is 1. The first-order valence-electron chi connectivity index (χ1n) is 5.51. The van der Waals surface area contributed by atoms with Gasteiger partial charge in [-0.2, -0.15) is 0 Å². The SMILES string of the molecule is CCc1nc(NCCCOC)ncc1C(=O)O. The van der Waals surface area contributed by atoms with Gasteiger partial charge in [-0.15, -0.1) is 0 Å². The number of hydrogen-bond acceptors (Lipinski definition) is 5. The second-order valence-electron chi connectivity index (χ2n) is 3.49. The highest BCUT2D eigenvalue weighted by atomic mass is 16.5. The zero-order valence-electron chi connectivity index (χ0n) is 10.1. The van der Waals surface area contributed by atoms with Crippen LogP contribution in [0.5, 0.6) is 0 Å². The van der Waals surface area contributed by atoms with Crippen LogP contribution in [0.3, 0.4) is 0 Å². The van der Waals surface area contributed by atoms with Crippen molar-refractivity contribution < 1.29 is 14.6 Å². The van der Waals surface area contributed by atoms with E-state index >= 15 is 0 Å². The van der Waals surface area contributed by atoms with E-state index in [0.29, 0.717) is 31.2 Å². The molecule has 0 aliphatic heterocycles. The summed E-state index contributed by atoms with van der Waals surface area (Å²) in [6, 6.07) is 0. The van der Waals surface area contributed by atoms with E-state index in [1.165, 1.54) is 6.20 Å². The van der Waals surface area contributed by atoms with Crippen molar-refractivity contribution in [2.75, 3.05) is 25.6 Å². The second kappa shape index (κ2) is 6.80. The Morgan fingerprint density at radius 2 is 2.35 bits per heavy atom.